The fourth-order valence-electron chi connectivity index (χ4n) is 3.49. The lowest BCUT2D eigenvalue weighted by Gasteiger charge is -2.10. The second-order valence-corrected chi connectivity index (χ2v) is 9.53. The minimum absolute atomic E-state index is 0.0348. The average molecular weight is 475 g/mol. The number of aryl methyl sites for hydroxylation is 1. The molecule has 0 bridgehead atoms. The maximum absolute atomic E-state index is 13.5. The Labute approximate surface area is 188 Å². The fourth-order valence-corrected chi connectivity index (χ4v) is 4.40. The average Bonchev–Trinajstić information content (AvgIpc) is 3.17. The van der Waals surface area contributed by atoms with Crippen LogP contribution in [-0.2, 0) is 22.4 Å². The van der Waals surface area contributed by atoms with E-state index in [-0.39, 0.29) is 16.3 Å². The summed E-state index contributed by atoms with van der Waals surface area (Å²) >= 11 is 0. The first-order chi connectivity index (χ1) is 15.6. The first-order valence-electron chi connectivity index (χ1n) is 10.2. The molecule has 6 nitrogen and oxygen atoms in total. The molecule has 0 amide bonds. The molecule has 172 valence electrons. The van der Waals surface area contributed by atoms with Crippen molar-refractivity contribution < 1.29 is 26.3 Å². The summed E-state index contributed by atoms with van der Waals surface area (Å²) in [5, 5.41) is 4.11. The van der Waals surface area contributed by atoms with Gasteiger partial charge in [-0.05, 0) is 42.8 Å². The fraction of sp³-hybridized carbons (Fsp3) is 0.217. The van der Waals surface area contributed by atoms with Crippen molar-refractivity contribution in [1.29, 1.82) is 0 Å². The van der Waals surface area contributed by atoms with Crippen molar-refractivity contribution in [3.63, 3.8) is 0 Å². The van der Waals surface area contributed by atoms with Gasteiger partial charge in [-0.3, -0.25) is 0 Å². The Morgan fingerprint density at radius 2 is 1.70 bits per heavy atom. The molecule has 0 spiro atoms. The van der Waals surface area contributed by atoms with Crippen molar-refractivity contribution in [2.45, 2.75) is 31.3 Å². The number of rotatable bonds is 6. The molecule has 2 aromatic heterocycles. The second-order valence-electron chi connectivity index (χ2n) is 7.25. The molecule has 4 rings (SSSR count). The van der Waals surface area contributed by atoms with Crippen LogP contribution in [-0.4, -0.2) is 28.8 Å². The Kier molecular flexibility index (Phi) is 5.87. The molecule has 0 aliphatic heterocycles. The molecular weight excluding hydrogens is 455 g/mol. The monoisotopic (exact) mass is 475 g/mol. The number of benzene rings is 2. The third-order valence-corrected chi connectivity index (χ3v) is 6.85. The molecule has 0 aliphatic rings. The highest BCUT2D eigenvalue weighted by atomic mass is 32.2. The van der Waals surface area contributed by atoms with Gasteiger partial charge in [-0.1, -0.05) is 32.0 Å². The number of alkyl halides is 3. The number of ether oxygens (including phenoxy) is 1. The Morgan fingerprint density at radius 1 is 1.00 bits per heavy atom. The lowest BCUT2D eigenvalue weighted by atomic mass is 10.1. The predicted octanol–water partition coefficient (Wildman–Crippen LogP) is 5.56. The van der Waals surface area contributed by atoms with Gasteiger partial charge in [-0.15, -0.1) is 0 Å². The van der Waals surface area contributed by atoms with Crippen LogP contribution in [0.4, 0.5) is 13.2 Å². The molecule has 33 heavy (non-hydrogen) atoms. The molecule has 10 heteroatoms. The SMILES string of the molecule is CCc1nc2c(C(F)(F)F)ccnn2c1-c1cccc(Oc2cccc(S(=O)(=O)CC)c2)c1. The lowest BCUT2D eigenvalue weighted by molar-refractivity contribution is -0.136. The topological polar surface area (TPSA) is 73.6 Å². The van der Waals surface area contributed by atoms with Gasteiger partial charge < -0.3 is 4.74 Å². The lowest BCUT2D eigenvalue weighted by Crippen LogP contribution is -2.09. The van der Waals surface area contributed by atoms with Crippen molar-refractivity contribution >= 4 is 15.5 Å². The van der Waals surface area contributed by atoms with Crippen LogP contribution in [0.5, 0.6) is 11.5 Å². The van der Waals surface area contributed by atoms with Crippen molar-refractivity contribution in [3.05, 3.63) is 72.1 Å². The Hall–Kier alpha value is -3.40. The summed E-state index contributed by atoms with van der Waals surface area (Å²) in [7, 11) is -3.40. The largest absolute Gasteiger partial charge is 0.457 e. The molecule has 0 saturated heterocycles. The molecule has 0 saturated carbocycles. The van der Waals surface area contributed by atoms with Crippen molar-refractivity contribution in [1.82, 2.24) is 14.6 Å². The highest BCUT2D eigenvalue weighted by Gasteiger charge is 2.35. The van der Waals surface area contributed by atoms with Crippen LogP contribution in [0.1, 0.15) is 25.1 Å². The molecule has 0 aliphatic carbocycles. The van der Waals surface area contributed by atoms with E-state index in [1.54, 1.807) is 50.2 Å². The number of fused-ring (bicyclic) bond motifs is 1. The minimum atomic E-state index is -4.56. The highest BCUT2D eigenvalue weighted by Crippen LogP contribution is 2.35. The zero-order valence-electron chi connectivity index (χ0n) is 17.8. The summed E-state index contributed by atoms with van der Waals surface area (Å²) in [4.78, 5) is 4.36. The van der Waals surface area contributed by atoms with E-state index < -0.39 is 21.6 Å². The molecule has 0 fully saturated rings. The molecule has 2 heterocycles. The van der Waals surface area contributed by atoms with Gasteiger partial charge >= 0.3 is 6.18 Å². The van der Waals surface area contributed by atoms with Crippen molar-refractivity contribution in [3.8, 4) is 22.8 Å². The van der Waals surface area contributed by atoms with E-state index in [0.717, 1.165) is 12.3 Å². The van der Waals surface area contributed by atoms with Crippen LogP contribution >= 0.6 is 0 Å². The van der Waals surface area contributed by atoms with Crippen molar-refractivity contribution in [2.75, 3.05) is 5.75 Å². The highest BCUT2D eigenvalue weighted by molar-refractivity contribution is 7.91. The van der Waals surface area contributed by atoms with E-state index in [1.807, 2.05) is 0 Å². The number of imidazole rings is 1. The molecule has 0 N–H and O–H groups in total. The van der Waals surface area contributed by atoms with E-state index in [4.69, 9.17) is 4.74 Å². The predicted molar refractivity (Wildman–Crippen MR) is 117 cm³/mol. The van der Waals surface area contributed by atoms with Crippen LogP contribution in [0.15, 0.2) is 65.7 Å². The number of hydrogen-bond acceptors (Lipinski definition) is 5. The van der Waals surface area contributed by atoms with Gasteiger partial charge in [0.1, 0.15) is 17.1 Å². The summed E-state index contributed by atoms with van der Waals surface area (Å²) < 4.78 is 71.8. The zero-order valence-corrected chi connectivity index (χ0v) is 18.6. The summed E-state index contributed by atoms with van der Waals surface area (Å²) in [5.74, 6) is 0.683. The summed E-state index contributed by atoms with van der Waals surface area (Å²) in [6.45, 7) is 3.37. The van der Waals surface area contributed by atoms with Gasteiger partial charge in [0.15, 0.2) is 15.5 Å². The first kappa shape index (κ1) is 22.8. The van der Waals surface area contributed by atoms with E-state index in [1.165, 1.54) is 16.6 Å². The number of aromatic nitrogens is 3. The molecular formula is C23H20F3N3O3S. The number of hydrogen-bond donors (Lipinski definition) is 0. The van der Waals surface area contributed by atoms with Gasteiger partial charge in [0, 0.05) is 11.8 Å². The van der Waals surface area contributed by atoms with E-state index in [0.29, 0.717) is 34.9 Å². The minimum Gasteiger partial charge on any atom is -0.457 e. The van der Waals surface area contributed by atoms with E-state index in [2.05, 4.69) is 10.1 Å². The smallest absolute Gasteiger partial charge is 0.420 e. The van der Waals surface area contributed by atoms with E-state index in [9.17, 15) is 21.6 Å². The number of nitrogens with zero attached hydrogens (tertiary/aromatic N) is 3. The Balaban J connectivity index is 1.77. The summed E-state index contributed by atoms with van der Waals surface area (Å²) in [6.07, 6.45) is -3.06. The van der Waals surface area contributed by atoms with Crippen LogP contribution < -0.4 is 4.74 Å². The van der Waals surface area contributed by atoms with Gasteiger partial charge in [0.2, 0.25) is 0 Å². The molecule has 0 atom stereocenters. The quantitative estimate of drug-likeness (QED) is 0.365. The number of halogens is 3. The van der Waals surface area contributed by atoms with Gasteiger partial charge in [-0.2, -0.15) is 18.3 Å². The van der Waals surface area contributed by atoms with Crippen LogP contribution in [0.3, 0.4) is 0 Å². The van der Waals surface area contributed by atoms with Gasteiger partial charge in [-0.25, -0.2) is 17.9 Å². The molecule has 2 aromatic carbocycles. The molecule has 0 unspecified atom stereocenters. The third kappa shape index (κ3) is 4.43. The van der Waals surface area contributed by atoms with E-state index >= 15 is 0 Å². The molecule has 4 aromatic rings. The standard InChI is InChI=1S/C23H20F3N3O3S/c1-3-20-21(29-22(28-20)19(11-12-27-29)23(24,25)26)15-7-5-8-16(13-15)32-17-9-6-10-18(14-17)33(30,31)4-2/h5-14H,3-4H2,1-2H3. The van der Waals surface area contributed by atoms with Crippen LogP contribution in [0.25, 0.3) is 16.9 Å². The third-order valence-electron chi connectivity index (χ3n) is 5.12. The summed E-state index contributed by atoms with van der Waals surface area (Å²) in [6, 6.07) is 13.8. The van der Waals surface area contributed by atoms with Crippen LogP contribution in [0, 0.1) is 0 Å². The second kappa shape index (κ2) is 8.51. The normalized spacial score (nSPS) is 12.3. The Morgan fingerprint density at radius 3 is 2.36 bits per heavy atom. The number of sulfone groups is 1. The van der Waals surface area contributed by atoms with Gasteiger partial charge in [0.05, 0.1) is 22.0 Å². The van der Waals surface area contributed by atoms with Crippen LogP contribution in [0.2, 0.25) is 0 Å². The summed E-state index contributed by atoms with van der Waals surface area (Å²) in [5.41, 5.74) is 0.347. The first-order valence-corrected chi connectivity index (χ1v) is 11.8. The maximum Gasteiger partial charge on any atom is 0.420 e. The van der Waals surface area contributed by atoms with Crippen molar-refractivity contribution in [2.24, 2.45) is 0 Å². The Bertz CT molecular complexity index is 1430. The van der Waals surface area contributed by atoms with Gasteiger partial charge in [0.25, 0.3) is 0 Å². The molecule has 0 radical (unpaired) electrons. The zero-order chi connectivity index (χ0) is 23.8. The maximum atomic E-state index is 13.5.